The number of benzene rings is 4. The number of aromatic nitrogens is 2. The normalized spacial score (nSPS) is 11.6. The fourth-order valence-corrected chi connectivity index (χ4v) is 4.61. The molecule has 0 saturated heterocycles. The van der Waals surface area contributed by atoms with Crippen LogP contribution < -0.4 is 4.74 Å². The molecular formula is C31H20Cl2F3N3O3. The highest BCUT2D eigenvalue weighted by Gasteiger charge is 2.30. The van der Waals surface area contributed by atoms with Crippen molar-refractivity contribution in [1.29, 1.82) is 0 Å². The fraction of sp³-hybridized carbons (Fsp3) is 0.0645. The summed E-state index contributed by atoms with van der Waals surface area (Å²) < 4.78 is 46.0. The average Bonchev–Trinajstić information content (AvgIpc) is 3.34. The summed E-state index contributed by atoms with van der Waals surface area (Å²) in [5.41, 5.74) is 2.24. The van der Waals surface area contributed by atoms with Gasteiger partial charge in [-0.3, -0.25) is 10.1 Å². The number of hydrogen-bond donors (Lipinski definition) is 0. The Bertz CT molecular complexity index is 1750. The van der Waals surface area contributed by atoms with Gasteiger partial charge < -0.3 is 9.30 Å². The van der Waals surface area contributed by atoms with Gasteiger partial charge in [-0.15, -0.1) is 0 Å². The van der Waals surface area contributed by atoms with Crippen molar-refractivity contribution in [1.82, 2.24) is 9.55 Å². The number of ether oxygens (including phenoxy) is 1. The maximum absolute atomic E-state index is 12.8. The van der Waals surface area contributed by atoms with Crippen molar-refractivity contribution in [2.45, 2.75) is 12.7 Å². The van der Waals surface area contributed by atoms with Gasteiger partial charge >= 0.3 is 6.18 Å². The molecule has 4 aromatic carbocycles. The maximum Gasteiger partial charge on any atom is 0.416 e. The fourth-order valence-electron chi connectivity index (χ4n) is 4.10. The van der Waals surface area contributed by atoms with Gasteiger partial charge in [0.15, 0.2) is 0 Å². The molecule has 212 valence electrons. The van der Waals surface area contributed by atoms with Crippen molar-refractivity contribution in [2.24, 2.45) is 0 Å². The summed E-state index contributed by atoms with van der Waals surface area (Å²) in [6, 6.07) is 22.9. The van der Waals surface area contributed by atoms with E-state index in [9.17, 15) is 23.3 Å². The lowest BCUT2D eigenvalue weighted by Gasteiger charge is -2.09. The van der Waals surface area contributed by atoms with E-state index in [0.29, 0.717) is 39.4 Å². The molecule has 0 aliphatic rings. The molecule has 0 fully saturated rings. The van der Waals surface area contributed by atoms with Crippen molar-refractivity contribution < 1.29 is 22.8 Å². The van der Waals surface area contributed by atoms with Gasteiger partial charge in [0.25, 0.3) is 5.69 Å². The van der Waals surface area contributed by atoms with E-state index < -0.39 is 16.7 Å². The molecule has 0 spiro atoms. The third-order valence-corrected chi connectivity index (χ3v) is 6.78. The third-order valence-electron chi connectivity index (χ3n) is 6.24. The van der Waals surface area contributed by atoms with E-state index in [1.165, 1.54) is 24.3 Å². The molecule has 0 atom stereocenters. The molecule has 0 unspecified atom stereocenters. The van der Waals surface area contributed by atoms with Gasteiger partial charge in [-0.1, -0.05) is 53.5 Å². The highest BCUT2D eigenvalue weighted by atomic mass is 35.5. The first kappa shape index (κ1) is 28.9. The molecule has 1 heterocycles. The Morgan fingerprint density at radius 2 is 1.52 bits per heavy atom. The van der Waals surface area contributed by atoms with Gasteiger partial charge in [0.2, 0.25) is 0 Å². The van der Waals surface area contributed by atoms with Crippen molar-refractivity contribution in [3.8, 4) is 22.8 Å². The summed E-state index contributed by atoms with van der Waals surface area (Å²) in [6.07, 6.45) is 1.11. The third kappa shape index (κ3) is 6.99. The standard InChI is InChI=1S/C31H20Cl2F3N3O3/c32-23-8-15-27(28(33)17-23)29-19-38(18-21-1-9-24(10-2-21)39(40)41)30(37-29)16-5-20-3-11-25(12-4-20)42-26-13-6-22(7-14-26)31(34,35)36/h1-17,19H,18H2. The second-order valence-corrected chi connectivity index (χ2v) is 10.0. The van der Waals surface area contributed by atoms with Crippen molar-refractivity contribution >= 4 is 41.0 Å². The van der Waals surface area contributed by atoms with E-state index in [1.807, 2.05) is 22.9 Å². The number of hydrogen-bond acceptors (Lipinski definition) is 4. The Hall–Kier alpha value is -4.60. The Morgan fingerprint density at radius 3 is 2.12 bits per heavy atom. The highest BCUT2D eigenvalue weighted by molar-refractivity contribution is 6.36. The minimum atomic E-state index is -4.41. The molecule has 0 radical (unpaired) electrons. The molecule has 5 rings (SSSR count). The minimum Gasteiger partial charge on any atom is -0.457 e. The van der Waals surface area contributed by atoms with E-state index in [0.717, 1.165) is 23.3 Å². The summed E-state index contributed by atoms with van der Waals surface area (Å²) in [5, 5.41) is 12.0. The number of alkyl halides is 3. The largest absolute Gasteiger partial charge is 0.457 e. The monoisotopic (exact) mass is 609 g/mol. The van der Waals surface area contributed by atoms with Crippen LogP contribution in [0.1, 0.15) is 22.5 Å². The van der Waals surface area contributed by atoms with E-state index in [2.05, 4.69) is 0 Å². The lowest BCUT2D eigenvalue weighted by Crippen LogP contribution is -2.03. The van der Waals surface area contributed by atoms with Crippen LogP contribution in [0.25, 0.3) is 23.4 Å². The molecule has 1 aromatic heterocycles. The predicted octanol–water partition coefficient (Wildman–Crippen LogP) is 9.79. The zero-order chi connectivity index (χ0) is 29.9. The average molecular weight is 610 g/mol. The quantitative estimate of drug-likeness (QED) is 0.130. The summed E-state index contributed by atoms with van der Waals surface area (Å²) in [4.78, 5) is 15.3. The molecule has 0 saturated carbocycles. The molecule has 42 heavy (non-hydrogen) atoms. The number of non-ortho nitro benzene ring substituents is 1. The molecule has 5 aromatic rings. The first-order valence-corrected chi connectivity index (χ1v) is 13.2. The van der Waals surface area contributed by atoms with Crippen LogP contribution in [-0.4, -0.2) is 14.5 Å². The number of rotatable bonds is 8. The second kappa shape index (κ2) is 12.1. The Morgan fingerprint density at radius 1 is 0.881 bits per heavy atom. The number of nitro groups is 1. The Labute approximate surface area is 248 Å². The maximum atomic E-state index is 12.8. The topological polar surface area (TPSA) is 70.2 Å². The van der Waals surface area contributed by atoms with Gasteiger partial charge in [-0.2, -0.15) is 13.2 Å². The second-order valence-electron chi connectivity index (χ2n) is 9.19. The van der Waals surface area contributed by atoms with E-state index >= 15 is 0 Å². The number of imidazole rings is 1. The lowest BCUT2D eigenvalue weighted by molar-refractivity contribution is -0.384. The van der Waals surface area contributed by atoms with Crippen molar-refractivity contribution in [3.63, 3.8) is 0 Å². The zero-order valence-electron chi connectivity index (χ0n) is 21.6. The van der Waals surface area contributed by atoms with E-state index in [1.54, 1.807) is 54.6 Å². The van der Waals surface area contributed by atoms with Crippen LogP contribution >= 0.6 is 23.2 Å². The van der Waals surface area contributed by atoms with Crippen LogP contribution in [0.15, 0.2) is 97.2 Å². The summed E-state index contributed by atoms with van der Waals surface area (Å²) >= 11 is 12.5. The number of nitrogens with zero attached hydrogens (tertiary/aromatic N) is 3. The van der Waals surface area contributed by atoms with Gasteiger partial charge in [0.1, 0.15) is 17.3 Å². The summed E-state index contributed by atoms with van der Waals surface area (Å²) in [6.45, 7) is 0.399. The van der Waals surface area contributed by atoms with Gasteiger partial charge in [-0.25, -0.2) is 4.98 Å². The number of nitro benzene ring substituents is 1. The summed E-state index contributed by atoms with van der Waals surface area (Å²) in [5.74, 6) is 1.36. The Balaban J connectivity index is 1.37. The van der Waals surface area contributed by atoms with E-state index in [4.69, 9.17) is 32.9 Å². The van der Waals surface area contributed by atoms with Crippen LogP contribution in [-0.2, 0) is 12.7 Å². The minimum absolute atomic E-state index is 0.00360. The Kier molecular flexibility index (Phi) is 8.33. The summed E-state index contributed by atoms with van der Waals surface area (Å²) in [7, 11) is 0. The SMILES string of the molecule is O=[N+]([O-])c1ccc(Cn2cc(-c3ccc(Cl)cc3Cl)nc2C=Cc2ccc(Oc3ccc(C(F)(F)F)cc3)cc2)cc1. The van der Waals surface area contributed by atoms with Crippen LogP contribution in [0.4, 0.5) is 18.9 Å². The first-order valence-electron chi connectivity index (χ1n) is 12.4. The van der Waals surface area contributed by atoms with E-state index in [-0.39, 0.29) is 11.4 Å². The highest BCUT2D eigenvalue weighted by Crippen LogP contribution is 2.32. The molecule has 0 bridgehead atoms. The zero-order valence-corrected chi connectivity index (χ0v) is 23.1. The molecular weight excluding hydrogens is 590 g/mol. The van der Waals surface area contributed by atoms with Crippen LogP contribution in [0.5, 0.6) is 11.5 Å². The molecule has 0 aliphatic heterocycles. The molecule has 11 heteroatoms. The lowest BCUT2D eigenvalue weighted by atomic mass is 10.2. The molecule has 0 N–H and O–H groups in total. The van der Waals surface area contributed by atoms with Crippen molar-refractivity contribution in [2.75, 3.05) is 0 Å². The predicted molar refractivity (Wildman–Crippen MR) is 157 cm³/mol. The first-order chi connectivity index (χ1) is 20.0. The van der Waals surface area contributed by atoms with Gasteiger partial charge in [0.05, 0.1) is 21.2 Å². The van der Waals surface area contributed by atoms with Gasteiger partial charge in [0, 0.05) is 35.5 Å². The van der Waals surface area contributed by atoms with Crippen LogP contribution in [0.2, 0.25) is 10.0 Å². The van der Waals surface area contributed by atoms with Gasteiger partial charge in [-0.05, 0) is 71.8 Å². The smallest absolute Gasteiger partial charge is 0.416 e. The van der Waals surface area contributed by atoms with Crippen LogP contribution in [0.3, 0.4) is 0 Å². The molecule has 0 aliphatic carbocycles. The van der Waals surface area contributed by atoms with Crippen LogP contribution in [0, 0.1) is 10.1 Å². The molecule has 6 nitrogen and oxygen atoms in total. The number of halogens is 5. The molecule has 0 amide bonds. The van der Waals surface area contributed by atoms with Crippen molar-refractivity contribution in [3.05, 3.63) is 140 Å².